The van der Waals surface area contributed by atoms with Crippen LogP contribution in [0.15, 0.2) is 18.2 Å². The van der Waals surface area contributed by atoms with Crippen molar-refractivity contribution in [1.29, 1.82) is 0 Å². The van der Waals surface area contributed by atoms with Crippen molar-refractivity contribution in [2.75, 3.05) is 50.4 Å². The van der Waals surface area contributed by atoms with Crippen LogP contribution in [0.4, 0.5) is 11.4 Å². The smallest absolute Gasteiger partial charge is 0.268 e. The third-order valence-electron chi connectivity index (χ3n) is 4.09. The minimum absolute atomic E-state index is 0.0936. The Balaban J connectivity index is 1.70. The number of fused-ring (bicyclic) bond motifs is 1. The monoisotopic (exact) mass is 328 g/mol. The number of ether oxygens (including phenoxy) is 1. The number of hydrogen-bond donors (Lipinski definition) is 3. The predicted molar refractivity (Wildman–Crippen MR) is 93.9 cm³/mol. The van der Waals surface area contributed by atoms with Gasteiger partial charge in [0.1, 0.15) is 5.69 Å². The fourth-order valence-electron chi connectivity index (χ4n) is 2.81. The Morgan fingerprint density at radius 3 is 2.92 bits per heavy atom. The Morgan fingerprint density at radius 1 is 1.38 bits per heavy atom. The highest BCUT2D eigenvalue weighted by molar-refractivity contribution is 6.02. The number of nitrogen functional groups attached to an aromatic ring is 1. The molecule has 1 aliphatic heterocycles. The predicted octanol–water partition coefficient (Wildman–Crippen LogP) is 0.850. The zero-order valence-electron chi connectivity index (χ0n) is 13.5. The topological polar surface area (TPSA) is 106 Å². The van der Waals surface area contributed by atoms with Gasteiger partial charge in [-0.3, -0.25) is 9.69 Å². The highest BCUT2D eigenvalue weighted by atomic mass is 16.5. The van der Waals surface area contributed by atoms with E-state index in [-0.39, 0.29) is 5.69 Å². The van der Waals surface area contributed by atoms with Gasteiger partial charge in [-0.05, 0) is 19.0 Å². The van der Waals surface area contributed by atoms with Crippen molar-refractivity contribution in [3.8, 4) is 0 Å². The Labute approximate surface area is 141 Å². The molecule has 1 aliphatic rings. The van der Waals surface area contributed by atoms with Crippen molar-refractivity contribution in [3.05, 3.63) is 30.0 Å². The van der Waals surface area contributed by atoms with Crippen LogP contribution >= 0.6 is 0 Å². The Bertz CT molecular complexity index is 728. The third kappa shape index (κ3) is 3.74. The summed E-state index contributed by atoms with van der Waals surface area (Å²) >= 11 is 0. The number of benzene rings is 1. The molecule has 0 unspecified atom stereocenters. The average Bonchev–Trinajstić information content (AvgIpc) is 2.60. The van der Waals surface area contributed by atoms with Crippen LogP contribution in [0.5, 0.6) is 0 Å². The number of pyridine rings is 1. The van der Waals surface area contributed by atoms with Crippen LogP contribution in [-0.2, 0) is 4.74 Å². The molecular weight excluding hydrogens is 306 g/mol. The quantitative estimate of drug-likeness (QED) is 0.536. The maximum atomic E-state index is 11.5. The molecule has 1 radical (unpaired) electrons. The number of carbonyl (C=O) groups is 1. The minimum Gasteiger partial charge on any atom is -0.397 e. The Morgan fingerprint density at radius 2 is 2.17 bits per heavy atom. The highest BCUT2D eigenvalue weighted by Gasteiger charge is 2.13. The molecule has 7 heteroatoms. The fraction of sp³-hybridized carbons (Fsp3) is 0.412. The first-order valence-corrected chi connectivity index (χ1v) is 8.10. The molecule has 1 saturated heterocycles. The number of anilines is 2. The van der Waals surface area contributed by atoms with E-state index in [1.54, 1.807) is 6.07 Å². The van der Waals surface area contributed by atoms with Crippen molar-refractivity contribution in [2.24, 2.45) is 5.73 Å². The number of carbonyl (C=O) groups excluding carboxylic acids is 1. The Kier molecular flexibility index (Phi) is 5.12. The highest BCUT2D eigenvalue weighted by Crippen LogP contribution is 2.26. The number of nitrogens with two attached hydrogens (primary N) is 2. The standard InChI is InChI=1S/C17H22N5O2/c18-13-4-1-3-12-14(11-15(17(19)23)21-16(12)13)20-5-2-6-22-7-9-24-10-8-22/h1,3-4H,2,5-10,18H2,(H2,19,23)(H,20,21). The zero-order chi connectivity index (χ0) is 16.9. The molecule has 127 valence electrons. The molecular formula is C17H22N5O2. The first-order chi connectivity index (χ1) is 11.6. The van der Waals surface area contributed by atoms with Crippen LogP contribution < -0.4 is 16.8 Å². The summed E-state index contributed by atoms with van der Waals surface area (Å²) in [5.74, 6) is -0.614. The van der Waals surface area contributed by atoms with Gasteiger partial charge in [0.2, 0.25) is 0 Å². The average molecular weight is 328 g/mol. The zero-order valence-corrected chi connectivity index (χ0v) is 13.5. The van der Waals surface area contributed by atoms with E-state index in [4.69, 9.17) is 16.2 Å². The van der Waals surface area contributed by atoms with Crippen molar-refractivity contribution in [2.45, 2.75) is 6.42 Å². The number of amides is 1. The molecule has 1 aromatic heterocycles. The van der Waals surface area contributed by atoms with E-state index in [9.17, 15) is 4.79 Å². The molecule has 1 aromatic carbocycles. The number of aromatic nitrogens is 1. The normalized spacial score (nSPS) is 15.5. The molecule has 2 heterocycles. The molecule has 0 saturated carbocycles. The van der Waals surface area contributed by atoms with Crippen LogP contribution in [-0.4, -0.2) is 55.2 Å². The second-order valence-electron chi connectivity index (χ2n) is 5.80. The maximum absolute atomic E-state index is 11.5. The number of para-hydroxylation sites is 1. The van der Waals surface area contributed by atoms with E-state index in [0.717, 1.165) is 51.2 Å². The molecule has 0 aliphatic carbocycles. The molecule has 1 fully saturated rings. The summed E-state index contributed by atoms with van der Waals surface area (Å²) in [7, 11) is 0. The van der Waals surface area contributed by atoms with E-state index in [0.29, 0.717) is 16.9 Å². The molecule has 24 heavy (non-hydrogen) atoms. The van der Waals surface area contributed by atoms with E-state index in [1.807, 2.05) is 12.1 Å². The number of nitrogens with zero attached hydrogens (tertiary/aromatic N) is 2. The van der Waals surface area contributed by atoms with E-state index >= 15 is 0 Å². The van der Waals surface area contributed by atoms with Crippen molar-refractivity contribution >= 4 is 28.2 Å². The largest absolute Gasteiger partial charge is 0.397 e. The van der Waals surface area contributed by atoms with Gasteiger partial charge in [0.25, 0.3) is 5.91 Å². The first kappa shape index (κ1) is 16.5. The minimum atomic E-state index is -0.614. The lowest BCUT2D eigenvalue weighted by Gasteiger charge is -2.26. The second-order valence-corrected chi connectivity index (χ2v) is 5.80. The van der Waals surface area contributed by atoms with E-state index in [1.165, 1.54) is 0 Å². The molecule has 3 rings (SSSR count). The van der Waals surface area contributed by atoms with Gasteiger partial charge < -0.3 is 21.5 Å². The van der Waals surface area contributed by atoms with E-state index < -0.39 is 5.91 Å². The van der Waals surface area contributed by atoms with Crippen LogP contribution in [0.3, 0.4) is 0 Å². The second kappa shape index (κ2) is 7.46. The molecule has 1 amide bonds. The lowest BCUT2D eigenvalue weighted by atomic mass is 10.1. The number of rotatable bonds is 6. The van der Waals surface area contributed by atoms with Crippen LogP contribution in [0.2, 0.25) is 0 Å². The number of primary amides is 1. The lowest BCUT2D eigenvalue weighted by molar-refractivity contribution is 0.0378. The van der Waals surface area contributed by atoms with Crippen molar-refractivity contribution in [1.82, 2.24) is 9.88 Å². The molecule has 0 spiro atoms. The van der Waals surface area contributed by atoms with Crippen LogP contribution in [0, 0.1) is 6.07 Å². The van der Waals surface area contributed by atoms with Crippen molar-refractivity contribution in [3.63, 3.8) is 0 Å². The molecule has 5 N–H and O–H groups in total. The summed E-state index contributed by atoms with van der Waals surface area (Å²) in [6.07, 6.45) is 0.978. The van der Waals surface area contributed by atoms with Gasteiger partial charge in [-0.15, -0.1) is 0 Å². The Hall–Kier alpha value is -2.38. The van der Waals surface area contributed by atoms with Gasteiger partial charge in [-0.2, -0.15) is 0 Å². The van der Waals surface area contributed by atoms with Gasteiger partial charge in [-0.1, -0.05) is 12.1 Å². The van der Waals surface area contributed by atoms with Gasteiger partial charge in [-0.25, -0.2) is 4.98 Å². The molecule has 7 nitrogen and oxygen atoms in total. The van der Waals surface area contributed by atoms with Gasteiger partial charge in [0.05, 0.1) is 30.1 Å². The summed E-state index contributed by atoms with van der Waals surface area (Å²) in [5.41, 5.74) is 13.2. The summed E-state index contributed by atoms with van der Waals surface area (Å²) in [5, 5.41) is 4.17. The third-order valence-corrected chi connectivity index (χ3v) is 4.09. The van der Waals surface area contributed by atoms with Gasteiger partial charge in [0.15, 0.2) is 0 Å². The van der Waals surface area contributed by atoms with Crippen LogP contribution in [0.1, 0.15) is 16.9 Å². The number of nitrogens with one attached hydrogen (secondary N) is 1. The number of morpholine rings is 1. The summed E-state index contributed by atoms with van der Waals surface area (Å²) in [6, 6.07) is 8.48. The summed E-state index contributed by atoms with van der Waals surface area (Å²) in [6.45, 7) is 5.33. The van der Waals surface area contributed by atoms with Gasteiger partial charge >= 0.3 is 0 Å². The summed E-state index contributed by atoms with van der Waals surface area (Å²) in [4.78, 5) is 18.1. The van der Waals surface area contributed by atoms with Crippen LogP contribution in [0.25, 0.3) is 10.9 Å². The number of hydrogen-bond acceptors (Lipinski definition) is 6. The van der Waals surface area contributed by atoms with E-state index in [2.05, 4.69) is 21.3 Å². The molecule has 0 bridgehead atoms. The first-order valence-electron chi connectivity index (χ1n) is 8.10. The van der Waals surface area contributed by atoms with Gasteiger partial charge in [0, 0.05) is 31.1 Å². The maximum Gasteiger partial charge on any atom is 0.268 e. The van der Waals surface area contributed by atoms with Crippen molar-refractivity contribution < 1.29 is 9.53 Å². The summed E-state index contributed by atoms with van der Waals surface area (Å²) < 4.78 is 5.35. The SMILES string of the molecule is NC(=O)c1[c]c(NCCCN2CCOCC2)c2cccc(N)c2n1. The molecule has 0 atom stereocenters. The molecule has 2 aromatic rings. The fourth-order valence-corrected chi connectivity index (χ4v) is 2.81. The lowest BCUT2D eigenvalue weighted by Crippen LogP contribution is -2.37.